The van der Waals surface area contributed by atoms with Crippen molar-refractivity contribution in [2.75, 3.05) is 29.4 Å². The third-order valence-electron chi connectivity index (χ3n) is 5.39. The predicted octanol–water partition coefficient (Wildman–Crippen LogP) is 3.91. The van der Waals surface area contributed by atoms with E-state index in [2.05, 4.69) is 4.98 Å². The Morgan fingerprint density at radius 1 is 1.07 bits per heavy atom. The highest BCUT2D eigenvalue weighted by molar-refractivity contribution is 5.97. The lowest BCUT2D eigenvalue weighted by Crippen LogP contribution is -2.42. The Hall–Kier alpha value is -2.57. The van der Waals surface area contributed by atoms with Gasteiger partial charge in [-0.25, -0.2) is 4.98 Å². The van der Waals surface area contributed by atoms with E-state index in [1.54, 1.807) is 0 Å². The fourth-order valence-electron chi connectivity index (χ4n) is 3.91. The number of halogens is 3. The van der Waals surface area contributed by atoms with E-state index in [-0.39, 0.29) is 11.8 Å². The Kier molecular flexibility index (Phi) is 4.53. The highest BCUT2D eigenvalue weighted by atomic mass is 19.4. The molecule has 142 valence electrons. The van der Waals surface area contributed by atoms with Gasteiger partial charge in [0.15, 0.2) is 0 Å². The predicted molar refractivity (Wildman–Crippen MR) is 96.7 cm³/mol. The zero-order valence-corrected chi connectivity index (χ0v) is 14.7. The van der Waals surface area contributed by atoms with Crippen LogP contribution in [0.5, 0.6) is 0 Å². The number of carbonyl (C=O) groups excluding carboxylic acids is 1. The second-order valence-corrected chi connectivity index (χ2v) is 7.03. The maximum atomic E-state index is 12.9. The van der Waals surface area contributed by atoms with E-state index in [9.17, 15) is 18.0 Å². The summed E-state index contributed by atoms with van der Waals surface area (Å²) in [5, 5.41) is 0. The average Bonchev–Trinajstić information content (AvgIpc) is 3.11. The van der Waals surface area contributed by atoms with Gasteiger partial charge in [0.25, 0.3) is 0 Å². The second kappa shape index (κ2) is 6.87. The molecule has 1 aromatic carbocycles. The molecule has 2 aliphatic rings. The van der Waals surface area contributed by atoms with Gasteiger partial charge < -0.3 is 9.80 Å². The average molecular weight is 375 g/mol. The highest BCUT2D eigenvalue weighted by Crippen LogP contribution is 2.33. The summed E-state index contributed by atoms with van der Waals surface area (Å²) in [7, 11) is 0. The Bertz CT molecular complexity index is 844. The maximum absolute atomic E-state index is 12.9. The number of hydrogen-bond acceptors (Lipinski definition) is 3. The van der Waals surface area contributed by atoms with E-state index in [1.165, 1.54) is 11.8 Å². The third-order valence-corrected chi connectivity index (χ3v) is 5.39. The lowest BCUT2D eigenvalue weighted by atomic mass is 9.95. The van der Waals surface area contributed by atoms with Crippen molar-refractivity contribution in [3.63, 3.8) is 0 Å². The van der Waals surface area contributed by atoms with Crippen LogP contribution in [0.3, 0.4) is 0 Å². The number of para-hydroxylation sites is 1. The van der Waals surface area contributed by atoms with Crippen LogP contribution in [0.25, 0.3) is 0 Å². The first-order valence-corrected chi connectivity index (χ1v) is 9.11. The van der Waals surface area contributed by atoms with Gasteiger partial charge in [0.2, 0.25) is 5.91 Å². The smallest absolute Gasteiger partial charge is 0.357 e. The van der Waals surface area contributed by atoms with Crippen molar-refractivity contribution >= 4 is 17.4 Å². The van der Waals surface area contributed by atoms with Crippen LogP contribution in [0.2, 0.25) is 0 Å². The molecule has 7 heteroatoms. The van der Waals surface area contributed by atoms with Crippen LogP contribution in [0, 0.1) is 5.92 Å². The molecule has 1 saturated heterocycles. The van der Waals surface area contributed by atoms with Crippen LogP contribution >= 0.6 is 0 Å². The molecule has 4 nitrogen and oxygen atoms in total. The number of benzene rings is 1. The molecule has 2 aliphatic heterocycles. The first-order valence-electron chi connectivity index (χ1n) is 9.11. The van der Waals surface area contributed by atoms with Gasteiger partial charge in [-0.3, -0.25) is 4.79 Å². The van der Waals surface area contributed by atoms with Gasteiger partial charge >= 0.3 is 6.18 Å². The molecule has 1 aromatic heterocycles. The lowest BCUT2D eigenvalue weighted by Gasteiger charge is -2.34. The van der Waals surface area contributed by atoms with E-state index in [0.717, 1.165) is 24.2 Å². The minimum absolute atomic E-state index is 0.0989. The monoisotopic (exact) mass is 375 g/mol. The van der Waals surface area contributed by atoms with Crippen LogP contribution in [-0.2, 0) is 17.4 Å². The first kappa shape index (κ1) is 17.8. The molecule has 2 aromatic rings. The van der Waals surface area contributed by atoms with E-state index >= 15 is 0 Å². The number of alkyl halides is 3. The number of carbonyl (C=O) groups is 1. The molecule has 1 amide bonds. The molecule has 4 rings (SSSR count). The number of piperidine rings is 1. The van der Waals surface area contributed by atoms with Gasteiger partial charge in [0.05, 0.1) is 5.56 Å². The Balaban J connectivity index is 1.42. The van der Waals surface area contributed by atoms with Crippen LogP contribution in [0.4, 0.5) is 24.7 Å². The number of hydrogen-bond donors (Lipinski definition) is 0. The molecule has 0 N–H and O–H groups in total. The summed E-state index contributed by atoms with van der Waals surface area (Å²) < 4.78 is 38.7. The highest BCUT2D eigenvalue weighted by Gasteiger charge is 2.34. The van der Waals surface area contributed by atoms with Gasteiger partial charge in [0.1, 0.15) is 5.82 Å². The van der Waals surface area contributed by atoms with Gasteiger partial charge in [-0.05, 0) is 43.0 Å². The van der Waals surface area contributed by atoms with Crippen LogP contribution < -0.4 is 9.80 Å². The maximum Gasteiger partial charge on any atom is 0.416 e. The summed E-state index contributed by atoms with van der Waals surface area (Å²) in [6.07, 6.45) is -1.08. The summed E-state index contributed by atoms with van der Waals surface area (Å²) in [6.45, 7) is 1.76. The molecule has 3 heterocycles. The Morgan fingerprint density at radius 3 is 2.56 bits per heavy atom. The van der Waals surface area contributed by atoms with Crippen molar-refractivity contribution in [2.45, 2.75) is 25.4 Å². The molecule has 0 spiro atoms. The van der Waals surface area contributed by atoms with E-state index in [1.807, 2.05) is 34.1 Å². The molecule has 27 heavy (non-hydrogen) atoms. The van der Waals surface area contributed by atoms with Crippen molar-refractivity contribution < 1.29 is 18.0 Å². The minimum Gasteiger partial charge on any atom is -0.357 e. The van der Waals surface area contributed by atoms with Crippen molar-refractivity contribution in [1.82, 2.24) is 4.98 Å². The topological polar surface area (TPSA) is 36.4 Å². The van der Waals surface area contributed by atoms with Crippen LogP contribution in [0.15, 0.2) is 42.6 Å². The first-order chi connectivity index (χ1) is 12.9. The number of fused-ring (bicyclic) bond motifs is 1. The minimum atomic E-state index is -4.38. The zero-order chi connectivity index (χ0) is 19.0. The standard InChI is InChI=1S/C20H20F3N3O/c21-20(22,23)16-5-9-24-18(13-16)25-10-6-15(7-11-25)19(27)26-12-8-14-3-1-2-4-17(14)26/h1-5,9,13,15H,6-8,10-12H2. The van der Waals surface area contributed by atoms with Crippen molar-refractivity contribution in [1.29, 1.82) is 0 Å². The number of anilines is 2. The molecule has 0 unspecified atom stereocenters. The number of pyridine rings is 1. The normalized spacial score (nSPS) is 17.9. The quantitative estimate of drug-likeness (QED) is 0.799. The summed E-state index contributed by atoms with van der Waals surface area (Å²) in [5.41, 5.74) is 1.49. The summed E-state index contributed by atoms with van der Waals surface area (Å²) in [5.74, 6) is 0.344. The molecule has 1 fully saturated rings. The summed E-state index contributed by atoms with van der Waals surface area (Å²) in [4.78, 5) is 20.7. The fourth-order valence-corrected chi connectivity index (χ4v) is 3.91. The SMILES string of the molecule is O=C(C1CCN(c2cc(C(F)(F)F)ccn2)CC1)N1CCc2ccccc21. The number of rotatable bonds is 2. The van der Waals surface area contributed by atoms with Gasteiger partial charge in [-0.15, -0.1) is 0 Å². The molecular weight excluding hydrogens is 355 g/mol. The molecule has 0 bridgehead atoms. The Labute approximate surface area is 155 Å². The number of aromatic nitrogens is 1. The summed E-state index contributed by atoms with van der Waals surface area (Å²) >= 11 is 0. The van der Waals surface area contributed by atoms with Gasteiger partial charge in [-0.2, -0.15) is 13.2 Å². The molecule has 0 atom stereocenters. The molecule has 0 radical (unpaired) electrons. The number of amides is 1. The molecular formula is C20H20F3N3O. The van der Waals surface area contributed by atoms with E-state index in [4.69, 9.17) is 0 Å². The lowest BCUT2D eigenvalue weighted by molar-refractivity contribution is -0.137. The van der Waals surface area contributed by atoms with Crippen LogP contribution in [0.1, 0.15) is 24.0 Å². The molecule has 0 aliphatic carbocycles. The molecule has 0 saturated carbocycles. The van der Waals surface area contributed by atoms with Crippen molar-refractivity contribution in [3.05, 3.63) is 53.7 Å². The van der Waals surface area contributed by atoms with Crippen LogP contribution in [-0.4, -0.2) is 30.5 Å². The third kappa shape index (κ3) is 3.50. The van der Waals surface area contributed by atoms with E-state index < -0.39 is 11.7 Å². The van der Waals surface area contributed by atoms with Gasteiger partial charge in [-0.1, -0.05) is 18.2 Å². The summed E-state index contributed by atoms with van der Waals surface area (Å²) in [6, 6.07) is 10.00. The van der Waals surface area contributed by atoms with E-state index in [0.29, 0.717) is 38.3 Å². The van der Waals surface area contributed by atoms with Gasteiger partial charge in [0, 0.05) is 37.4 Å². The van der Waals surface area contributed by atoms with Crippen molar-refractivity contribution in [3.8, 4) is 0 Å². The fraction of sp³-hybridized carbons (Fsp3) is 0.400. The van der Waals surface area contributed by atoms with Crippen molar-refractivity contribution in [2.24, 2.45) is 5.92 Å². The number of nitrogens with zero attached hydrogens (tertiary/aromatic N) is 3. The largest absolute Gasteiger partial charge is 0.416 e. The zero-order valence-electron chi connectivity index (χ0n) is 14.7. The second-order valence-electron chi connectivity index (χ2n) is 7.03. The Morgan fingerprint density at radius 2 is 1.81 bits per heavy atom.